The van der Waals surface area contributed by atoms with Gasteiger partial charge in [0.2, 0.25) is 0 Å². The molecule has 40 heavy (non-hydrogen) atoms. The van der Waals surface area contributed by atoms with Gasteiger partial charge in [0.25, 0.3) is 16.0 Å². The molecule has 4 N–H and O–H groups in total. The average Bonchev–Trinajstić information content (AvgIpc) is 3.41. The summed E-state index contributed by atoms with van der Waals surface area (Å²) in [4.78, 5) is 22.7. The van der Waals surface area contributed by atoms with Gasteiger partial charge in [-0.3, -0.25) is 9.35 Å². The standard InChI is InChI=1S/C28H30ClN5O5S/c1-15-17(7-5-8-18(15)25-26(40(37,38)39)20(14-35)16(2)30-25)19-9-6-10-21(24(19)29)32-28(36)27-31-22-13-33(3)12-11-23(22)34(27)4/h5-10,30,35H,11-14H2,1-4H3,(H,32,36)(H,37,38,39). The van der Waals surface area contributed by atoms with Crippen LogP contribution in [0.4, 0.5) is 5.69 Å². The van der Waals surface area contributed by atoms with Crippen LogP contribution in [0.2, 0.25) is 5.02 Å². The third-order valence-electron chi connectivity index (χ3n) is 7.47. The first-order valence-corrected chi connectivity index (χ1v) is 14.5. The van der Waals surface area contributed by atoms with Gasteiger partial charge in [-0.05, 0) is 38.1 Å². The molecular formula is C28H30ClN5O5S. The quantitative estimate of drug-likeness (QED) is 0.248. The van der Waals surface area contributed by atoms with E-state index < -0.39 is 16.7 Å². The monoisotopic (exact) mass is 583 g/mol. The van der Waals surface area contributed by atoms with E-state index in [4.69, 9.17) is 11.6 Å². The van der Waals surface area contributed by atoms with Crippen LogP contribution in [0, 0.1) is 13.8 Å². The zero-order chi connectivity index (χ0) is 28.9. The van der Waals surface area contributed by atoms with Crippen LogP contribution in [0.5, 0.6) is 0 Å². The fourth-order valence-corrected chi connectivity index (χ4v) is 6.60. The number of fused-ring (bicyclic) bond motifs is 1. The van der Waals surface area contributed by atoms with Crippen molar-refractivity contribution in [3.05, 3.63) is 75.5 Å². The van der Waals surface area contributed by atoms with E-state index in [2.05, 4.69) is 20.2 Å². The van der Waals surface area contributed by atoms with Gasteiger partial charge in [-0.1, -0.05) is 41.9 Å². The molecule has 12 heteroatoms. The first-order valence-electron chi connectivity index (χ1n) is 12.6. The molecule has 0 aliphatic carbocycles. The fraction of sp³-hybridized carbons (Fsp3) is 0.286. The molecule has 10 nitrogen and oxygen atoms in total. The minimum atomic E-state index is -4.64. The summed E-state index contributed by atoms with van der Waals surface area (Å²) in [7, 11) is -0.779. The lowest BCUT2D eigenvalue weighted by molar-refractivity contribution is 0.101. The van der Waals surface area contributed by atoms with E-state index >= 15 is 0 Å². The summed E-state index contributed by atoms with van der Waals surface area (Å²) in [5.74, 6) is -0.0697. The molecule has 1 aliphatic rings. The number of nitrogens with zero attached hydrogens (tertiary/aromatic N) is 3. The zero-order valence-corrected chi connectivity index (χ0v) is 24.1. The van der Waals surface area contributed by atoms with Crippen molar-refractivity contribution in [1.82, 2.24) is 19.4 Å². The molecule has 0 fully saturated rings. The van der Waals surface area contributed by atoms with Crippen molar-refractivity contribution in [1.29, 1.82) is 0 Å². The summed E-state index contributed by atoms with van der Waals surface area (Å²) in [5, 5.41) is 13.0. The summed E-state index contributed by atoms with van der Waals surface area (Å²) in [6.07, 6.45) is 0.813. The number of hydrogen-bond donors (Lipinski definition) is 4. The first-order chi connectivity index (χ1) is 18.9. The van der Waals surface area contributed by atoms with Crippen molar-refractivity contribution < 1.29 is 22.9 Å². The second-order valence-corrected chi connectivity index (χ2v) is 11.8. The molecule has 0 saturated carbocycles. The Hall–Kier alpha value is -3.48. The molecule has 1 amide bonds. The van der Waals surface area contributed by atoms with Crippen molar-refractivity contribution in [3.8, 4) is 22.4 Å². The number of aryl methyl sites for hydroxylation is 1. The second kappa shape index (κ2) is 10.5. The Labute approximate surface area is 237 Å². The molecule has 2 aromatic carbocycles. The maximum absolute atomic E-state index is 13.3. The highest BCUT2D eigenvalue weighted by molar-refractivity contribution is 7.86. The number of likely N-dealkylation sites (N-methyl/N-ethyl adjacent to an activating group) is 1. The van der Waals surface area contributed by atoms with Gasteiger partial charge in [0, 0.05) is 54.6 Å². The molecule has 1 aliphatic heterocycles. The number of H-pyrrole nitrogens is 1. The zero-order valence-electron chi connectivity index (χ0n) is 22.5. The molecule has 0 bridgehead atoms. The number of aromatic amines is 1. The molecule has 2 aromatic heterocycles. The van der Waals surface area contributed by atoms with Gasteiger partial charge < -0.3 is 24.9 Å². The van der Waals surface area contributed by atoms with Crippen LogP contribution in [-0.2, 0) is 36.7 Å². The van der Waals surface area contributed by atoms with E-state index in [0.29, 0.717) is 51.0 Å². The molecule has 3 heterocycles. The number of rotatable bonds is 6. The van der Waals surface area contributed by atoms with Gasteiger partial charge in [0.05, 0.1) is 28.7 Å². The SMILES string of the molecule is Cc1[nH]c(-c2cccc(-c3cccc(NC(=O)c4nc5c(n4C)CCN(C)C5)c3Cl)c2C)c(S(=O)(=O)O)c1CO. The lowest BCUT2D eigenvalue weighted by Crippen LogP contribution is -2.27. The molecule has 0 unspecified atom stereocenters. The van der Waals surface area contributed by atoms with E-state index in [-0.39, 0.29) is 22.1 Å². The van der Waals surface area contributed by atoms with E-state index in [1.807, 2.05) is 37.7 Å². The smallest absolute Gasteiger partial charge is 0.297 e. The number of amides is 1. The van der Waals surface area contributed by atoms with Gasteiger partial charge in [0.15, 0.2) is 5.82 Å². The number of nitrogens with one attached hydrogen (secondary N) is 2. The topological polar surface area (TPSA) is 141 Å². The average molecular weight is 584 g/mol. The molecule has 4 aromatic rings. The largest absolute Gasteiger partial charge is 0.392 e. The van der Waals surface area contributed by atoms with Gasteiger partial charge >= 0.3 is 0 Å². The lowest BCUT2D eigenvalue weighted by Gasteiger charge is -2.21. The Morgan fingerprint density at radius 3 is 2.50 bits per heavy atom. The predicted octanol–water partition coefficient (Wildman–Crippen LogP) is 4.33. The molecule has 0 atom stereocenters. The van der Waals surface area contributed by atoms with E-state index in [9.17, 15) is 22.9 Å². The number of imidazole rings is 1. The summed E-state index contributed by atoms with van der Waals surface area (Å²) in [6, 6.07) is 10.6. The van der Waals surface area contributed by atoms with Crippen LogP contribution in [0.25, 0.3) is 22.4 Å². The van der Waals surface area contributed by atoms with Crippen LogP contribution in [0.1, 0.15) is 38.8 Å². The van der Waals surface area contributed by atoms with Crippen molar-refractivity contribution >= 4 is 33.3 Å². The van der Waals surface area contributed by atoms with Gasteiger partial charge in [-0.2, -0.15) is 8.42 Å². The number of anilines is 1. The van der Waals surface area contributed by atoms with Gasteiger partial charge in [-0.15, -0.1) is 0 Å². The predicted molar refractivity (Wildman–Crippen MR) is 153 cm³/mol. The molecule has 0 spiro atoms. The number of aliphatic hydroxyl groups is 1. The van der Waals surface area contributed by atoms with Gasteiger partial charge in [0.1, 0.15) is 4.90 Å². The lowest BCUT2D eigenvalue weighted by atomic mass is 9.94. The normalized spacial score (nSPS) is 13.9. The van der Waals surface area contributed by atoms with E-state index in [0.717, 1.165) is 24.4 Å². The number of carbonyl (C=O) groups is 1. The fourth-order valence-electron chi connectivity index (χ4n) is 5.38. The maximum atomic E-state index is 13.3. The first kappa shape index (κ1) is 28.1. The Bertz CT molecular complexity index is 1760. The maximum Gasteiger partial charge on any atom is 0.297 e. The number of hydrogen-bond acceptors (Lipinski definition) is 6. The van der Waals surface area contributed by atoms with Crippen molar-refractivity contribution in [2.24, 2.45) is 7.05 Å². The van der Waals surface area contributed by atoms with Crippen LogP contribution < -0.4 is 5.32 Å². The Kier molecular flexibility index (Phi) is 7.36. The van der Waals surface area contributed by atoms with Crippen LogP contribution >= 0.6 is 11.6 Å². The minimum Gasteiger partial charge on any atom is -0.392 e. The Balaban J connectivity index is 1.53. The number of benzene rings is 2. The Morgan fingerprint density at radius 2 is 1.80 bits per heavy atom. The summed E-state index contributed by atoms with van der Waals surface area (Å²) >= 11 is 6.84. The number of aromatic nitrogens is 3. The molecule has 0 saturated heterocycles. The summed E-state index contributed by atoms with van der Waals surface area (Å²) < 4.78 is 36.3. The van der Waals surface area contributed by atoms with E-state index in [1.165, 1.54) is 0 Å². The van der Waals surface area contributed by atoms with Crippen molar-refractivity contribution in [2.45, 2.75) is 38.3 Å². The third-order valence-corrected chi connectivity index (χ3v) is 8.85. The minimum absolute atomic E-state index is 0.104. The van der Waals surface area contributed by atoms with Crippen molar-refractivity contribution in [2.75, 3.05) is 18.9 Å². The summed E-state index contributed by atoms with van der Waals surface area (Å²) in [5.41, 5.74) is 5.58. The summed E-state index contributed by atoms with van der Waals surface area (Å²) in [6.45, 7) is 4.46. The van der Waals surface area contributed by atoms with Crippen LogP contribution in [0.15, 0.2) is 41.3 Å². The molecular weight excluding hydrogens is 554 g/mol. The van der Waals surface area contributed by atoms with E-state index in [1.54, 1.807) is 31.2 Å². The van der Waals surface area contributed by atoms with Gasteiger partial charge in [-0.25, -0.2) is 4.98 Å². The molecule has 5 rings (SSSR count). The third kappa shape index (κ3) is 4.84. The molecule has 0 radical (unpaired) electrons. The number of carbonyl (C=O) groups excluding carboxylic acids is 1. The molecule has 210 valence electrons. The highest BCUT2D eigenvalue weighted by Gasteiger charge is 2.28. The van der Waals surface area contributed by atoms with Crippen molar-refractivity contribution in [3.63, 3.8) is 0 Å². The van der Waals surface area contributed by atoms with Crippen LogP contribution in [-0.4, -0.2) is 57.0 Å². The highest BCUT2D eigenvalue weighted by atomic mass is 35.5. The Morgan fingerprint density at radius 1 is 1.12 bits per heavy atom. The highest BCUT2D eigenvalue weighted by Crippen LogP contribution is 2.40. The number of halogens is 1. The number of aliphatic hydroxyl groups excluding tert-OH is 1. The second-order valence-electron chi connectivity index (χ2n) is 10.0. The van der Waals surface area contributed by atoms with Crippen LogP contribution in [0.3, 0.4) is 0 Å².